The second-order valence-electron chi connectivity index (χ2n) is 7.00. The summed E-state index contributed by atoms with van der Waals surface area (Å²) in [6, 6.07) is 9.68. The van der Waals surface area contributed by atoms with Crippen LogP contribution in [0.4, 0.5) is 0 Å². The molecule has 1 aromatic heterocycles. The van der Waals surface area contributed by atoms with Crippen LogP contribution < -0.4 is 10.5 Å². The van der Waals surface area contributed by atoms with Crippen LogP contribution in [0, 0.1) is 5.41 Å². The summed E-state index contributed by atoms with van der Waals surface area (Å²) >= 11 is 0. The van der Waals surface area contributed by atoms with E-state index in [-0.39, 0.29) is 23.7 Å². The Morgan fingerprint density at radius 1 is 1.31 bits per heavy atom. The Hall–Kier alpha value is -2.05. The van der Waals surface area contributed by atoms with Gasteiger partial charge in [-0.25, -0.2) is 4.68 Å². The summed E-state index contributed by atoms with van der Waals surface area (Å²) in [6.45, 7) is 7.69. The molecule has 0 unspecified atom stereocenters. The maximum Gasteiger partial charge on any atom is 0.278 e. The Kier molecular flexibility index (Phi) is 8.11. The molecule has 0 fully saturated rings. The van der Waals surface area contributed by atoms with Crippen molar-refractivity contribution in [3.63, 3.8) is 0 Å². The summed E-state index contributed by atoms with van der Waals surface area (Å²) in [5.74, 6) is 0.343. The number of carbonyl (C=O) groups excluding carboxylic acids is 1. The topological polar surface area (TPSA) is 73.4 Å². The molecule has 0 atom stereocenters. The van der Waals surface area contributed by atoms with Crippen LogP contribution in [0.1, 0.15) is 37.7 Å². The quantitative estimate of drug-likeness (QED) is 0.763. The van der Waals surface area contributed by atoms with Crippen LogP contribution in [0.15, 0.2) is 36.5 Å². The first-order chi connectivity index (χ1) is 11.9. The first-order valence-electron chi connectivity index (χ1n) is 8.61. The van der Waals surface area contributed by atoms with Crippen LogP contribution in [-0.4, -0.2) is 47.3 Å². The fraction of sp³-hybridized carbons (Fsp3) is 0.474. The second kappa shape index (κ2) is 9.59. The number of ether oxygens (including phenoxy) is 1. The number of hydrogen-bond donors (Lipinski definition) is 1. The number of benzene rings is 1. The Morgan fingerprint density at radius 2 is 1.96 bits per heavy atom. The van der Waals surface area contributed by atoms with Gasteiger partial charge in [0.05, 0.1) is 18.5 Å². The highest BCUT2D eigenvalue weighted by Gasteiger charge is 2.26. The molecule has 6 nitrogen and oxygen atoms in total. The van der Waals surface area contributed by atoms with E-state index in [1.807, 2.05) is 51.1 Å². The van der Waals surface area contributed by atoms with Gasteiger partial charge in [-0.2, -0.15) is 5.10 Å². The third-order valence-corrected chi connectivity index (χ3v) is 3.93. The second-order valence-corrected chi connectivity index (χ2v) is 7.00. The SMILES string of the molecule is CCCOc1cn(-c2ccccc2)nc1C(=O)N(C)CC(C)(C)CN.Cl. The van der Waals surface area contributed by atoms with Gasteiger partial charge >= 0.3 is 0 Å². The van der Waals surface area contributed by atoms with Gasteiger partial charge < -0.3 is 15.4 Å². The average molecular weight is 381 g/mol. The molecule has 1 heterocycles. The lowest BCUT2D eigenvalue weighted by Crippen LogP contribution is -2.40. The predicted molar refractivity (Wildman–Crippen MR) is 106 cm³/mol. The summed E-state index contributed by atoms with van der Waals surface area (Å²) in [5, 5.41) is 4.48. The lowest BCUT2D eigenvalue weighted by molar-refractivity contribution is 0.0730. The third-order valence-electron chi connectivity index (χ3n) is 3.93. The lowest BCUT2D eigenvalue weighted by atomic mass is 9.93. The molecule has 2 N–H and O–H groups in total. The standard InChI is InChI=1S/C19H28N4O2.ClH/c1-5-11-25-16-12-23(15-9-7-6-8-10-15)21-17(16)18(24)22(4)14-19(2,3)13-20;/h6-10,12H,5,11,13-14,20H2,1-4H3;1H. The van der Waals surface area contributed by atoms with Crippen molar-refractivity contribution in [2.75, 3.05) is 26.7 Å². The molecular formula is C19H29ClN4O2. The number of carbonyl (C=O) groups is 1. The van der Waals surface area contributed by atoms with E-state index in [9.17, 15) is 4.79 Å². The third kappa shape index (κ3) is 5.47. The van der Waals surface area contributed by atoms with Crippen molar-refractivity contribution in [2.24, 2.45) is 11.1 Å². The molecular weight excluding hydrogens is 352 g/mol. The number of hydrogen-bond acceptors (Lipinski definition) is 4. The van der Waals surface area contributed by atoms with Gasteiger partial charge in [-0.15, -0.1) is 12.4 Å². The zero-order chi connectivity index (χ0) is 18.4. The smallest absolute Gasteiger partial charge is 0.278 e. The summed E-state index contributed by atoms with van der Waals surface area (Å²) in [7, 11) is 1.77. The summed E-state index contributed by atoms with van der Waals surface area (Å²) in [6.07, 6.45) is 2.63. The number of amides is 1. The van der Waals surface area contributed by atoms with Crippen molar-refractivity contribution in [1.82, 2.24) is 14.7 Å². The molecule has 1 amide bonds. The van der Waals surface area contributed by atoms with E-state index in [4.69, 9.17) is 10.5 Å². The molecule has 2 rings (SSSR count). The average Bonchev–Trinajstić information content (AvgIpc) is 3.03. The number of halogens is 1. The fourth-order valence-corrected chi connectivity index (χ4v) is 2.50. The van der Waals surface area contributed by atoms with E-state index in [2.05, 4.69) is 5.10 Å². The number of para-hydroxylation sites is 1. The monoisotopic (exact) mass is 380 g/mol. The van der Waals surface area contributed by atoms with E-state index in [0.29, 0.717) is 31.1 Å². The molecule has 0 aliphatic rings. The minimum atomic E-state index is -0.165. The minimum absolute atomic E-state index is 0. The summed E-state index contributed by atoms with van der Waals surface area (Å²) in [5.41, 5.74) is 6.84. The van der Waals surface area contributed by atoms with E-state index in [0.717, 1.165) is 12.1 Å². The number of aromatic nitrogens is 2. The Bertz CT molecular complexity index is 701. The largest absolute Gasteiger partial charge is 0.489 e. The fourth-order valence-electron chi connectivity index (χ4n) is 2.50. The molecule has 2 aromatic rings. The van der Waals surface area contributed by atoms with Gasteiger partial charge in [-0.3, -0.25) is 4.79 Å². The van der Waals surface area contributed by atoms with E-state index in [1.54, 1.807) is 22.8 Å². The molecule has 7 heteroatoms. The van der Waals surface area contributed by atoms with Crippen LogP contribution in [0.25, 0.3) is 5.69 Å². The molecule has 0 radical (unpaired) electrons. The van der Waals surface area contributed by atoms with Gasteiger partial charge in [0, 0.05) is 13.6 Å². The van der Waals surface area contributed by atoms with Gasteiger partial charge in [0.25, 0.3) is 5.91 Å². The molecule has 0 aliphatic heterocycles. The Balaban J connectivity index is 0.00000338. The minimum Gasteiger partial charge on any atom is -0.489 e. The maximum atomic E-state index is 12.9. The predicted octanol–water partition coefficient (Wildman–Crippen LogP) is 3.14. The summed E-state index contributed by atoms with van der Waals surface area (Å²) in [4.78, 5) is 14.6. The maximum absolute atomic E-state index is 12.9. The van der Waals surface area contributed by atoms with Crippen LogP contribution in [0.3, 0.4) is 0 Å². The van der Waals surface area contributed by atoms with Gasteiger partial charge in [0.15, 0.2) is 11.4 Å². The molecule has 0 bridgehead atoms. The highest BCUT2D eigenvalue weighted by molar-refractivity contribution is 5.94. The van der Waals surface area contributed by atoms with Gasteiger partial charge in [-0.05, 0) is 30.5 Å². The number of nitrogens with two attached hydrogens (primary N) is 1. The van der Waals surface area contributed by atoms with Crippen molar-refractivity contribution in [3.05, 3.63) is 42.2 Å². The lowest BCUT2D eigenvalue weighted by Gasteiger charge is -2.28. The van der Waals surface area contributed by atoms with Crippen LogP contribution in [0.5, 0.6) is 5.75 Å². The molecule has 144 valence electrons. The first-order valence-corrected chi connectivity index (χ1v) is 8.61. The van der Waals surface area contributed by atoms with Gasteiger partial charge in [-0.1, -0.05) is 39.0 Å². The van der Waals surface area contributed by atoms with E-state index in [1.165, 1.54) is 0 Å². The van der Waals surface area contributed by atoms with Crippen molar-refractivity contribution < 1.29 is 9.53 Å². The van der Waals surface area contributed by atoms with Crippen LogP contribution >= 0.6 is 12.4 Å². The molecule has 0 spiro atoms. The molecule has 26 heavy (non-hydrogen) atoms. The van der Waals surface area contributed by atoms with Crippen molar-refractivity contribution in [3.8, 4) is 11.4 Å². The Morgan fingerprint density at radius 3 is 2.54 bits per heavy atom. The Labute approximate surface area is 161 Å². The highest BCUT2D eigenvalue weighted by atomic mass is 35.5. The van der Waals surface area contributed by atoms with Gasteiger partial charge in [0.1, 0.15) is 0 Å². The van der Waals surface area contributed by atoms with Crippen molar-refractivity contribution >= 4 is 18.3 Å². The molecule has 1 aromatic carbocycles. The van der Waals surface area contributed by atoms with Crippen molar-refractivity contribution in [1.29, 1.82) is 0 Å². The van der Waals surface area contributed by atoms with Crippen molar-refractivity contribution in [2.45, 2.75) is 27.2 Å². The number of nitrogens with zero attached hydrogens (tertiary/aromatic N) is 3. The zero-order valence-electron chi connectivity index (χ0n) is 15.9. The van der Waals surface area contributed by atoms with Crippen LogP contribution in [0.2, 0.25) is 0 Å². The zero-order valence-corrected chi connectivity index (χ0v) is 16.8. The summed E-state index contributed by atoms with van der Waals surface area (Å²) < 4.78 is 7.44. The molecule has 0 aliphatic carbocycles. The normalized spacial score (nSPS) is 11.0. The number of rotatable bonds is 8. The van der Waals surface area contributed by atoms with Crippen LogP contribution in [-0.2, 0) is 0 Å². The van der Waals surface area contributed by atoms with E-state index < -0.39 is 0 Å². The van der Waals surface area contributed by atoms with Gasteiger partial charge in [0.2, 0.25) is 0 Å². The van der Waals surface area contributed by atoms with E-state index >= 15 is 0 Å². The molecule has 0 saturated heterocycles. The highest BCUT2D eigenvalue weighted by Crippen LogP contribution is 2.23. The molecule has 0 saturated carbocycles. The first kappa shape index (κ1) is 22.0.